The van der Waals surface area contributed by atoms with E-state index in [1.807, 2.05) is 18.7 Å². The van der Waals surface area contributed by atoms with Crippen molar-refractivity contribution >= 4 is 16.9 Å². The molecule has 0 spiro atoms. The molecule has 2 aromatic heterocycles. The summed E-state index contributed by atoms with van der Waals surface area (Å²) in [5.74, 6) is 0.543. The van der Waals surface area contributed by atoms with Gasteiger partial charge in [-0.1, -0.05) is 0 Å². The van der Waals surface area contributed by atoms with Crippen LogP contribution in [-0.4, -0.2) is 63.9 Å². The predicted octanol–water partition coefficient (Wildman–Crippen LogP) is 2.08. The molecule has 146 valence electrons. The third-order valence-electron chi connectivity index (χ3n) is 5.16. The third-order valence-corrected chi connectivity index (χ3v) is 5.16. The molecule has 8 heteroatoms. The summed E-state index contributed by atoms with van der Waals surface area (Å²) in [6.07, 6.45) is 0. The number of aromatic hydroxyl groups is 1. The van der Waals surface area contributed by atoms with Crippen LogP contribution in [-0.2, 0) is 0 Å². The zero-order valence-corrected chi connectivity index (χ0v) is 16.1. The lowest BCUT2D eigenvalue weighted by molar-refractivity contribution is 0.0657. The van der Waals surface area contributed by atoms with Crippen molar-refractivity contribution in [2.45, 2.75) is 19.9 Å². The van der Waals surface area contributed by atoms with Crippen LogP contribution in [0.15, 0.2) is 24.3 Å². The quantitative estimate of drug-likeness (QED) is 0.642. The lowest BCUT2D eigenvalue weighted by Gasteiger charge is -2.34. The molecular weight excluding hydrogens is 358 g/mol. The van der Waals surface area contributed by atoms with E-state index < -0.39 is 0 Å². The zero-order valence-electron chi connectivity index (χ0n) is 16.1. The van der Waals surface area contributed by atoms with Gasteiger partial charge in [0.25, 0.3) is 5.91 Å². The van der Waals surface area contributed by atoms with Gasteiger partial charge in [0.05, 0.1) is 23.8 Å². The number of aromatic nitrogens is 3. The SMILES string of the molecule is COc1cc(O)ccc1-c1cc(C(=O)N2CCNC[C@@H]2C)c2c(C)[nH]nc2n1. The maximum absolute atomic E-state index is 13.4. The summed E-state index contributed by atoms with van der Waals surface area (Å²) >= 11 is 0. The Bertz CT molecular complexity index is 1050. The fraction of sp³-hybridized carbons (Fsp3) is 0.350. The number of aromatic amines is 1. The molecule has 1 saturated heterocycles. The van der Waals surface area contributed by atoms with Crippen LogP contribution in [0.5, 0.6) is 11.5 Å². The number of ether oxygens (including phenoxy) is 1. The number of carbonyl (C=O) groups is 1. The first-order valence-corrected chi connectivity index (χ1v) is 9.24. The van der Waals surface area contributed by atoms with E-state index in [1.54, 1.807) is 18.2 Å². The van der Waals surface area contributed by atoms with Crippen molar-refractivity contribution in [3.8, 4) is 22.8 Å². The molecule has 4 rings (SSSR count). The number of hydrogen-bond acceptors (Lipinski definition) is 6. The van der Waals surface area contributed by atoms with Gasteiger partial charge in [0, 0.05) is 43.0 Å². The monoisotopic (exact) mass is 381 g/mol. The Labute approximate surface area is 162 Å². The van der Waals surface area contributed by atoms with Gasteiger partial charge < -0.3 is 20.1 Å². The number of H-pyrrole nitrogens is 1. The van der Waals surface area contributed by atoms with Gasteiger partial charge in [-0.3, -0.25) is 9.89 Å². The lowest BCUT2D eigenvalue weighted by Crippen LogP contribution is -2.52. The molecule has 3 N–H and O–H groups in total. The van der Waals surface area contributed by atoms with E-state index in [9.17, 15) is 9.90 Å². The van der Waals surface area contributed by atoms with Crippen molar-refractivity contribution in [1.29, 1.82) is 0 Å². The van der Waals surface area contributed by atoms with Crippen LogP contribution in [0, 0.1) is 6.92 Å². The molecule has 1 aliphatic rings. The number of nitrogens with zero attached hydrogens (tertiary/aromatic N) is 3. The van der Waals surface area contributed by atoms with Crippen LogP contribution in [0.3, 0.4) is 0 Å². The van der Waals surface area contributed by atoms with Gasteiger partial charge in [0.1, 0.15) is 11.5 Å². The summed E-state index contributed by atoms with van der Waals surface area (Å²) in [4.78, 5) is 19.9. The van der Waals surface area contributed by atoms with Crippen molar-refractivity contribution in [3.63, 3.8) is 0 Å². The molecule has 28 heavy (non-hydrogen) atoms. The molecule has 1 aliphatic heterocycles. The van der Waals surface area contributed by atoms with Gasteiger partial charge in [0.15, 0.2) is 5.65 Å². The number of aryl methyl sites for hydroxylation is 1. The fourth-order valence-electron chi connectivity index (χ4n) is 3.67. The van der Waals surface area contributed by atoms with Gasteiger partial charge >= 0.3 is 0 Å². The first-order valence-electron chi connectivity index (χ1n) is 9.24. The van der Waals surface area contributed by atoms with E-state index in [0.29, 0.717) is 34.8 Å². The smallest absolute Gasteiger partial charge is 0.255 e. The van der Waals surface area contributed by atoms with Crippen LogP contribution in [0.25, 0.3) is 22.3 Å². The fourth-order valence-corrected chi connectivity index (χ4v) is 3.67. The highest BCUT2D eigenvalue weighted by Gasteiger charge is 2.27. The number of benzene rings is 1. The van der Waals surface area contributed by atoms with Gasteiger partial charge in [0.2, 0.25) is 0 Å². The molecule has 0 unspecified atom stereocenters. The van der Waals surface area contributed by atoms with Crippen LogP contribution in [0.1, 0.15) is 23.0 Å². The standard InChI is InChI=1S/C20H23N5O3/c1-11-10-21-6-7-25(11)20(27)15-9-16(22-19-18(15)12(2)23-24-19)14-5-4-13(26)8-17(14)28-3/h4-5,8-9,11,21,26H,6-7,10H2,1-3H3,(H,22,23,24)/t11-/m0/s1. The van der Waals surface area contributed by atoms with Crippen molar-refractivity contribution in [2.75, 3.05) is 26.7 Å². The number of amides is 1. The van der Waals surface area contributed by atoms with Crippen molar-refractivity contribution in [2.24, 2.45) is 0 Å². The Morgan fingerprint density at radius 2 is 2.18 bits per heavy atom. The highest BCUT2D eigenvalue weighted by molar-refractivity contribution is 6.07. The highest BCUT2D eigenvalue weighted by atomic mass is 16.5. The number of nitrogens with one attached hydrogen (secondary N) is 2. The van der Waals surface area contributed by atoms with Crippen molar-refractivity contribution in [3.05, 3.63) is 35.5 Å². The molecule has 0 saturated carbocycles. The maximum Gasteiger partial charge on any atom is 0.255 e. The number of piperazine rings is 1. The molecule has 1 aromatic carbocycles. The molecule has 1 atom stereocenters. The van der Waals surface area contributed by atoms with Crippen molar-refractivity contribution in [1.82, 2.24) is 25.4 Å². The molecule has 0 aliphatic carbocycles. The Hall–Kier alpha value is -3.13. The number of phenols is 1. The van der Waals surface area contributed by atoms with Crippen molar-refractivity contribution < 1.29 is 14.6 Å². The largest absolute Gasteiger partial charge is 0.508 e. The molecule has 1 fully saturated rings. The number of fused-ring (bicyclic) bond motifs is 1. The summed E-state index contributed by atoms with van der Waals surface area (Å²) in [5, 5.41) is 21.0. The molecule has 0 radical (unpaired) electrons. The Kier molecular flexibility index (Phi) is 4.64. The van der Waals surface area contributed by atoms with Crippen LogP contribution >= 0.6 is 0 Å². The Morgan fingerprint density at radius 3 is 2.93 bits per heavy atom. The average molecular weight is 381 g/mol. The van der Waals surface area contributed by atoms with Crippen LogP contribution in [0.2, 0.25) is 0 Å². The van der Waals surface area contributed by atoms with E-state index >= 15 is 0 Å². The van der Waals surface area contributed by atoms with Gasteiger partial charge in [-0.15, -0.1) is 0 Å². The van der Waals surface area contributed by atoms with Gasteiger partial charge in [-0.05, 0) is 32.0 Å². The highest BCUT2D eigenvalue weighted by Crippen LogP contribution is 2.34. The summed E-state index contributed by atoms with van der Waals surface area (Å²) in [7, 11) is 1.53. The van der Waals surface area contributed by atoms with Crippen LogP contribution in [0.4, 0.5) is 0 Å². The molecule has 0 bridgehead atoms. The summed E-state index contributed by atoms with van der Waals surface area (Å²) in [6.45, 7) is 6.11. The molecule has 8 nitrogen and oxygen atoms in total. The Morgan fingerprint density at radius 1 is 1.36 bits per heavy atom. The Balaban J connectivity index is 1.88. The third kappa shape index (κ3) is 3.05. The number of rotatable bonds is 3. The topological polar surface area (TPSA) is 103 Å². The number of pyridine rings is 1. The second-order valence-corrected chi connectivity index (χ2v) is 7.04. The van der Waals surface area contributed by atoms with Gasteiger partial charge in [-0.2, -0.15) is 5.10 Å². The second kappa shape index (κ2) is 7.12. The molecule has 3 aromatic rings. The maximum atomic E-state index is 13.4. The first-order chi connectivity index (χ1) is 13.5. The van der Waals surface area contributed by atoms with E-state index in [0.717, 1.165) is 24.2 Å². The number of methoxy groups -OCH3 is 1. The number of carbonyl (C=O) groups excluding carboxylic acids is 1. The summed E-state index contributed by atoms with van der Waals surface area (Å²) < 4.78 is 5.40. The minimum atomic E-state index is -0.0371. The summed E-state index contributed by atoms with van der Waals surface area (Å²) in [5.41, 5.74) is 3.11. The first kappa shape index (κ1) is 18.2. The number of hydrogen-bond donors (Lipinski definition) is 3. The number of phenolic OH excluding ortho intramolecular Hbond substituents is 1. The lowest BCUT2D eigenvalue weighted by atomic mass is 10.0. The average Bonchev–Trinajstić information content (AvgIpc) is 3.08. The van der Waals surface area contributed by atoms with E-state index in [-0.39, 0.29) is 17.7 Å². The second-order valence-electron chi connectivity index (χ2n) is 7.04. The normalized spacial score (nSPS) is 17.1. The van der Waals surface area contributed by atoms with Crippen LogP contribution < -0.4 is 10.1 Å². The summed E-state index contributed by atoms with van der Waals surface area (Å²) in [6, 6.07) is 6.71. The molecular formula is C20H23N5O3. The molecule has 3 heterocycles. The molecule has 1 amide bonds. The minimum Gasteiger partial charge on any atom is -0.508 e. The van der Waals surface area contributed by atoms with E-state index in [4.69, 9.17) is 4.74 Å². The predicted molar refractivity (Wildman–Crippen MR) is 106 cm³/mol. The van der Waals surface area contributed by atoms with E-state index in [1.165, 1.54) is 13.2 Å². The van der Waals surface area contributed by atoms with E-state index in [2.05, 4.69) is 20.5 Å². The zero-order chi connectivity index (χ0) is 19.8. The minimum absolute atomic E-state index is 0.0371. The van der Waals surface area contributed by atoms with Gasteiger partial charge in [-0.25, -0.2) is 4.98 Å².